The van der Waals surface area contributed by atoms with Gasteiger partial charge in [-0.15, -0.1) is 0 Å². The highest BCUT2D eigenvalue weighted by Gasteiger charge is 2.28. The van der Waals surface area contributed by atoms with Gasteiger partial charge in [0.1, 0.15) is 0 Å². The summed E-state index contributed by atoms with van der Waals surface area (Å²) in [6.07, 6.45) is 0.436. The number of nitrogens with one attached hydrogen (secondary N) is 1. The molecule has 0 saturated heterocycles. The third kappa shape index (κ3) is 2.94. The molecule has 0 atom stereocenters. The topological polar surface area (TPSA) is 18.5 Å². The van der Waals surface area contributed by atoms with Gasteiger partial charge in [0.25, 0.3) is 6.43 Å². The summed E-state index contributed by atoms with van der Waals surface area (Å²) in [5.74, 6) is 0. The molecule has 0 radical (unpaired) electrons. The Kier molecular flexibility index (Phi) is 4.32. The molecule has 126 valence electrons. The third-order valence-electron chi connectivity index (χ3n) is 4.69. The van der Waals surface area contributed by atoms with Crippen molar-refractivity contribution < 1.29 is 8.78 Å². The molecule has 2 heterocycles. The van der Waals surface area contributed by atoms with Crippen molar-refractivity contribution in [2.75, 3.05) is 18.0 Å². The van der Waals surface area contributed by atoms with E-state index in [0.717, 1.165) is 24.2 Å². The maximum Gasteiger partial charge on any atom is 0.264 e. The van der Waals surface area contributed by atoms with Crippen molar-refractivity contribution in [2.45, 2.75) is 52.6 Å². The normalized spacial score (nSPS) is 17.7. The molecule has 0 aliphatic carbocycles. The Morgan fingerprint density at radius 2 is 1.83 bits per heavy atom. The van der Waals surface area contributed by atoms with Crippen molar-refractivity contribution in [3.05, 3.63) is 35.0 Å². The second-order valence-corrected chi connectivity index (χ2v) is 6.90. The van der Waals surface area contributed by atoms with Crippen LogP contribution in [0.25, 0.3) is 5.57 Å². The minimum atomic E-state index is -2.46. The molecule has 0 spiro atoms. The lowest BCUT2D eigenvalue weighted by atomic mass is 9.96. The molecule has 3 rings (SSSR count). The van der Waals surface area contributed by atoms with Gasteiger partial charge in [0, 0.05) is 42.6 Å². The standard InChI is InChI=1S/C18H25F2N3/c1-11(2)22-6-5-13-7-15(16(18(19)20)8-17(13)22)14-9-21-23(10-14)12(3)4/h7-8,10-12,18,21H,5-6,9H2,1-4H3. The highest BCUT2D eigenvalue weighted by Crippen LogP contribution is 2.38. The lowest BCUT2D eigenvalue weighted by Crippen LogP contribution is -2.34. The highest BCUT2D eigenvalue weighted by atomic mass is 19.3. The molecule has 5 heteroatoms. The molecule has 2 aliphatic rings. The van der Waals surface area contributed by atoms with E-state index in [1.165, 1.54) is 5.56 Å². The number of halogens is 2. The number of anilines is 1. The number of hydrazine groups is 1. The minimum absolute atomic E-state index is 0.148. The monoisotopic (exact) mass is 321 g/mol. The molecular formula is C18H25F2N3. The van der Waals surface area contributed by atoms with Crippen LogP contribution in [0.5, 0.6) is 0 Å². The van der Waals surface area contributed by atoms with E-state index in [1.807, 2.05) is 17.3 Å². The molecule has 0 unspecified atom stereocenters. The Morgan fingerprint density at radius 3 is 2.39 bits per heavy atom. The zero-order chi connectivity index (χ0) is 16.7. The van der Waals surface area contributed by atoms with Gasteiger partial charge >= 0.3 is 0 Å². The number of hydrogen-bond donors (Lipinski definition) is 1. The number of alkyl halides is 2. The average molecular weight is 321 g/mol. The molecule has 0 aromatic heterocycles. The number of benzene rings is 1. The van der Waals surface area contributed by atoms with Crippen LogP contribution in [0.2, 0.25) is 0 Å². The van der Waals surface area contributed by atoms with Crippen molar-refractivity contribution in [2.24, 2.45) is 0 Å². The first-order valence-electron chi connectivity index (χ1n) is 8.33. The van der Waals surface area contributed by atoms with Crippen molar-refractivity contribution in [3.63, 3.8) is 0 Å². The molecule has 0 bridgehead atoms. The summed E-state index contributed by atoms with van der Waals surface area (Å²) in [5.41, 5.74) is 7.20. The second kappa shape index (κ2) is 6.11. The number of hydrogen-bond acceptors (Lipinski definition) is 3. The van der Waals surface area contributed by atoms with Crippen LogP contribution in [0.1, 0.15) is 50.8 Å². The summed E-state index contributed by atoms with van der Waals surface area (Å²) in [5, 5.41) is 1.98. The van der Waals surface area contributed by atoms with Gasteiger partial charge in [-0.25, -0.2) is 14.2 Å². The summed E-state index contributed by atoms with van der Waals surface area (Å²) in [4.78, 5) is 2.21. The Hall–Kier alpha value is -1.62. The molecule has 0 amide bonds. The predicted molar refractivity (Wildman–Crippen MR) is 90.5 cm³/mol. The van der Waals surface area contributed by atoms with Crippen molar-refractivity contribution in [1.29, 1.82) is 0 Å². The van der Waals surface area contributed by atoms with Crippen molar-refractivity contribution in [1.82, 2.24) is 10.4 Å². The summed E-state index contributed by atoms with van der Waals surface area (Å²) < 4.78 is 27.3. The zero-order valence-corrected chi connectivity index (χ0v) is 14.2. The predicted octanol–water partition coefficient (Wildman–Crippen LogP) is 3.96. The Bertz CT molecular complexity index is 623. The van der Waals surface area contributed by atoms with E-state index >= 15 is 0 Å². The Labute approximate surface area is 136 Å². The average Bonchev–Trinajstić information content (AvgIpc) is 3.12. The molecule has 1 aromatic carbocycles. The van der Waals surface area contributed by atoms with Crippen LogP contribution in [-0.2, 0) is 6.42 Å². The summed E-state index contributed by atoms with van der Waals surface area (Å²) in [6, 6.07) is 4.32. The Morgan fingerprint density at radius 1 is 1.09 bits per heavy atom. The smallest absolute Gasteiger partial charge is 0.264 e. The lowest BCUT2D eigenvalue weighted by Gasteiger charge is -2.25. The molecule has 2 aliphatic heterocycles. The van der Waals surface area contributed by atoms with Gasteiger partial charge in [-0.05, 0) is 62.9 Å². The first-order valence-corrected chi connectivity index (χ1v) is 8.33. The summed E-state index contributed by atoms with van der Waals surface area (Å²) in [7, 11) is 0. The fourth-order valence-electron chi connectivity index (χ4n) is 3.41. The van der Waals surface area contributed by atoms with Crippen molar-refractivity contribution in [3.8, 4) is 0 Å². The maximum atomic E-state index is 13.7. The van der Waals surface area contributed by atoms with E-state index in [0.29, 0.717) is 24.2 Å². The maximum absolute atomic E-state index is 13.7. The Balaban J connectivity index is 2.03. The molecule has 0 fully saturated rings. The van der Waals surface area contributed by atoms with Crippen LogP contribution in [0.4, 0.5) is 14.5 Å². The zero-order valence-electron chi connectivity index (χ0n) is 14.2. The SMILES string of the molecule is CC(C)N1C=C(c2cc3c(cc2C(F)F)N(C(C)C)CC3)CN1. The summed E-state index contributed by atoms with van der Waals surface area (Å²) >= 11 is 0. The van der Waals surface area contributed by atoms with E-state index in [4.69, 9.17) is 0 Å². The van der Waals surface area contributed by atoms with Crippen molar-refractivity contribution >= 4 is 11.3 Å². The number of nitrogens with zero attached hydrogens (tertiary/aromatic N) is 2. The molecular weight excluding hydrogens is 296 g/mol. The molecule has 1 aromatic rings. The number of fused-ring (bicyclic) bond motifs is 1. The van der Waals surface area contributed by atoms with Crippen LogP contribution in [-0.4, -0.2) is 30.2 Å². The molecule has 23 heavy (non-hydrogen) atoms. The van der Waals surface area contributed by atoms with Gasteiger partial charge in [0.2, 0.25) is 0 Å². The van der Waals surface area contributed by atoms with Gasteiger partial charge < -0.3 is 9.91 Å². The van der Waals surface area contributed by atoms with Gasteiger partial charge in [-0.2, -0.15) is 0 Å². The highest BCUT2D eigenvalue weighted by molar-refractivity contribution is 5.75. The van der Waals surface area contributed by atoms with Crippen LogP contribution in [0.15, 0.2) is 18.3 Å². The van der Waals surface area contributed by atoms with E-state index in [9.17, 15) is 8.78 Å². The second-order valence-electron chi connectivity index (χ2n) is 6.90. The first-order chi connectivity index (χ1) is 10.9. The van der Waals surface area contributed by atoms with Crippen LogP contribution < -0.4 is 10.3 Å². The van der Waals surface area contributed by atoms with E-state index in [2.05, 4.69) is 38.0 Å². The van der Waals surface area contributed by atoms with Crippen LogP contribution >= 0.6 is 0 Å². The quantitative estimate of drug-likeness (QED) is 0.905. The van der Waals surface area contributed by atoms with E-state index < -0.39 is 6.43 Å². The largest absolute Gasteiger partial charge is 0.369 e. The molecule has 3 nitrogen and oxygen atoms in total. The van der Waals surface area contributed by atoms with E-state index in [1.54, 1.807) is 6.07 Å². The van der Waals surface area contributed by atoms with Gasteiger partial charge in [0.15, 0.2) is 0 Å². The molecule has 1 N–H and O–H groups in total. The summed E-state index contributed by atoms with van der Waals surface area (Å²) in [6.45, 7) is 9.87. The number of rotatable bonds is 4. The first kappa shape index (κ1) is 16.2. The van der Waals surface area contributed by atoms with Crippen LogP contribution in [0, 0.1) is 0 Å². The van der Waals surface area contributed by atoms with Crippen LogP contribution in [0.3, 0.4) is 0 Å². The van der Waals surface area contributed by atoms with Gasteiger partial charge in [-0.1, -0.05) is 0 Å². The van der Waals surface area contributed by atoms with Gasteiger partial charge in [-0.3, -0.25) is 0 Å². The minimum Gasteiger partial charge on any atom is -0.369 e. The lowest BCUT2D eigenvalue weighted by molar-refractivity contribution is 0.151. The fourth-order valence-corrected chi connectivity index (χ4v) is 3.41. The van der Waals surface area contributed by atoms with Gasteiger partial charge in [0.05, 0.1) is 0 Å². The fraction of sp³-hybridized carbons (Fsp3) is 0.556. The molecule has 0 saturated carbocycles. The third-order valence-corrected chi connectivity index (χ3v) is 4.69. The van der Waals surface area contributed by atoms with E-state index in [-0.39, 0.29) is 5.56 Å².